The van der Waals surface area contributed by atoms with Gasteiger partial charge in [0.1, 0.15) is 6.33 Å². The lowest BCUT2D eigenvalue weighted by Gasteiger charge is -2.10. The van der Waals surface area contributed by atoms with Gasteiger partial charge in [0.2, 0.25) is 5.82 Å². The Labute approximate surface area is 116 Å². The van der Waals surface area contributed by atoms with Gasteiger partial charge in [0.25, 0.3) is 0 Å². The number of nitrogens with zero attached hydrogens (tertiary/aromatic N) is 3. The number of thioether (sulfide) groups is 1. The summed E-state index contributed by atoms with van der Waals surface area (Å²) >= 11 is 1.28. The van der Waals surface area contributed by atoms with Crippen molar-refractivity contribution < 1.29 is 10.0 Å². The first-order valence-corrected chi connectivity index (χ1v) is 6.98. The van der Waals surface area contributed by atoms with E-state index in [0.29, 0.717) is 18.0 Å². The van der Waals surface area contributed by atoms with Gasteiger partial charge in [-0.05, 0) is 12.8 Å². The lowest BCUT2D eigenvalue weighted by Crippen LogP contribution is -2.08. The summed E-state index contributed by atoms with van der Waals surface area (Å²) in [5.74, 6) is 0.251. The van der Waals surface area contributed by atoms with Gasteiger partial charge in [0.05, 0.1) is 4.92 Å². The zero-order valence-electron chi connectivity index (χ0n) is 11.0. The molecule has 1 rings (SSSR count). The molecule has 2 N–H and O–H groups in total. The van der Waals surface area contributed by atoms with E-state index in [1.807, 2.05) is 13.8 Å². The van der Waals surface area contributed by atoms with E-state index in [-0.39, 0.29) is 23.4 Å². The van der Waals surface area contributed by atoms with Crippen molar-refractivity contribution in [3.63, 3.8) is 0 Å². The molecule has 1 aromatic rings. The van der Waals surface area contributed by atoms with Gasteiger partial charge < -0.3 is 10.4 Å². The van der Waals surface area contributed by atoms with Gasteiger partial charge in [-0.25, -0.2) is 9.97 Å². The molecule has 1 unspecified atom stereocenters. The number of aliphatic hydroxyl groups excluding tert-OH is 1. The quantitative estimate of drug-likeness (QED) is 0.326. The Morgan fingerprint density at radius 2 is 2.32 bits per heavy atom. The predicted molar refractivity (Wildman–Crippen MR) is 74.5 cm³/mol. The molecular weight excluding hydrogens is 268 g/mol. The van der Waals surface area contributed by atoms with Crippen molar-refractivity contribution in [2.24, 2.45) is 0 Å². The fourth-order valence-electron chi connectivity index (χ4n) is 1.42. The van der Waals surface area contributed by atoms with Crippen LogP contribution < -0.4 is 5.32 Å². The summed E-state index contributed by atoms with van der Waals surface area (Å²) in [6.07, 6.45) is 2.73. The molecule has 19 heavy (non-hydrogen) atoms. The van der Waals surface area contributed by atoms with Crippen LogP contribution in [-0.4, -0.2) is 38.4 Å². The van der Waals surface area contributed by atoms with Crippen LogP contribution in [0.5, 0.6) is 0 Å². The van der Waals surface area contributed by atoms with E-state index in [0.717, 1.165) is 6.42 Å². The Hall–Kier alpha value is -1.41. The van der Waals surface area contributed by atoms with Crippen molar-refractivity contribution >= 4 is 23.3 Å². The summed E-state index contributed by atoms with van der Waals surface area (Å²) in [5, 5.41) is 23.4. The molecule has 0 fully saturated rings. The van der Waals surface area contributed by atoms with Crippen LogP contribution in [0.3, 0.4) is 0 Å². The molecule has 1 aromatic heterocycles. The summed E-state index contributed by atoms with van der Waals surface area (Å²) in [7, 11) is 0. The van der Waals surface area contributed by atoms with Gasteiger partial charge in [0.15, 0.2) is 5.03 Å². The van der Waals surface area contributed by atoms with Crippen molar-refractivity contribution in [1.29, 1.82) is 0 Å². The normalized spacial score (nSPS) is 12.2. The first kappa shape index (κ1) is 15.6. The van der Waals surface area contributed by atoms with Crippen LogP contribution in [0.4, 0.5) is 11.5 Å². The molecule has 0 spiro atoms. The van der Waals surface area contributed by atoms with Crippen molar-refractivity contribution in [3.8, 4) is 0 Å². The Bertz CT molecular complexity index is 430. The zero-order chi connectivity index (χ0) is 14.3. The van der Waals surface area contributed by atoms with E-state index in [4.69, 9.17) is 5.11 Å². The number of nitro groups is 1. The Kier molecular flexibility index (Phi) is 6.51. The topological polar surface area (TPSA) is 101 Å². The Morgan fingerprint density at radius 3 is 2.89 bits per heavy atom. The number of aliphatic hydroxyl groups is 1. The third-order valence-electron chi connectivity index (χ3n) is 2.36. The lowest BCUT2D eigenvalue weighted by atomic mass is 10.3. The molecule has 8 heteroatoms. The summed E-state index contributed by atoms with van der Waals surface area (Å²) < 4.78 is 0. The highest BCUT2D eigenvalue weighted by molar-refractivity contribution is 8.00. The maximum atomic E-state index is 11.2. The summed E-state index contributed by atoms with van der Waals surface area (Å²) in [6, 6.07) is 0. The van der Waals surface area contributed by atoms with E-state index in [1.54, 1.807) is 0 Å². The Balaban J connectivity index is 2.99. The van der Waals surface area contributed by atoms with Crippen LogP contribution >= 0.6 is 11.8 Å². The molecule has 7 nitrogen and oxygen atoms in total. The molecule has 1 heterocycles. The molecule has 0 saturated carbocycles. The van der Waals surface area contributed by atoms with Crippen molar-refractivity contribution in [3.05, 3.63) is 16.4 Å². The monoisotopic (exact) mass is 286 g/mol. The van der Waals surface area contributed by atoms with Gasteiger partial charge in [-0.15, -0.1) is 0 Å². The first-order valence-electron chi connectivity index (χ1n) is 6.10. The van der Waals surface area contributed by atoms with Crippen LogP contribution in [0, 0.1) is 10.1 Å². The smallest absolute Gasteiger partial charge is 0.343 e. The average Bonchev–Trinajstić information content (AvgIpc) is 2.36. The van der Waals surface area contributed by atoms with Crippen LogP contribution in [0.15, 0.2) is 11.4 Å². The minimum absolute atomic E-state index is 0.0496. The van der Waals surface area contributed by atoms with E-state index >= 15 is 0 Å². The fraction of sp³-hybridized carbons (Fsp3) is 0.636. The van der Waals surface area contributed by atoms with E-state index in [9.17, 15) is 10.1 Å². The number of anilines is 1. The van der Waals surface area contributed by atoms with E-state index in [1.165, 1.54) is 18.1 Å². The molecule has 0 amide bonds. The van der Waals surface area contributed by atoms with Crippen molar-refractivity contribution in [2.75, 3.05) is 18.5 Å². The lowest BCUT2D eigenvalue weighted by molar-refractivity contribution is -0.387. The summed E-state index contributed by atoms with van der Waals surface area (Å²) in [4.78, 5) is 18.6. The number of hydrogen-bond acceptors (Lipinski definition) is 7. The third kappa shape index (κ3) is 4.64. The van der Waals surface area contributed by atoms with Crippen LogP contribution in [-0.2, 0) is 0 Å². The van der Waals surface area contributed by atoms with E-state index in [2.05, 4.69) is 15.3 Å². The van der Waals surface area contributed by atoms with Crippen LogP contribution in [0.2, 0.25) is 0 Å². The first-order chi connectivity index (χ1) is 9.10. The Morgan fingerprint density at radius 1 is 1.58 bits per heavy atom. The molecule has 0 aromatic carbocycles. The molecule has 0 aliphatic rings. The number of hydrogen-bond donors (Lipinski definition) is 2. The minimum Gasteiger partial charge on any atom is -0.396 e. The van der Waals surface area contributed by atoms with Gasteiger partial charge in [-0.1, -0.05) is 25.6 Å². The number of aromatic nitrogens is 2. The van der Waals surface area contributed by atoms with Crippen LogP contribution in [0.1, 0.15) is 26.7 Å². The standard InChI is InChI=1S/C11H18N4O3S/c1-3-5-12-10-9(15(17)18)11(14-7-13-10)19-8(2)4-6-16/h7-8,16H,3-6H2,1-2H3,(H,12,13,14). The molecule has 0 aliphatic heterocycles. The maximum absolute atomic E-state index is 11.2. The molecule has 1 atom stereocenters. The number of nitrogens with one attached hydrogen (secondary N) is 1. The van der Waals surface area contributed by atoms with Gasteiger partial charge in [0, 0.05) is 18.4 Å². The summed E-state index contributed by atoms with van der Waals surface area (Å²) in [5.41, 5.74) is -0.0919. The van der Waals surface area contributed by atoms with Crippen molar-refractivity contribution in [1.82, 2.24) is 9.97 Å². The average molecular weight is 286 g/mol. The van der Waals surface area contributed by atoms with Gasteiger partial charge in [-0.3, -0.25) is 10.1 Å². The van der Waals surface area contributed by atoms with Crippen LogP contribution in [0.25, 0.3) is 0 Å². The van der Waals surface area contributed by atoms with Gasteiger partial charge in [-0.2, -0.15) is 0 Å². The SMILES string of the molecule is CCCNc1ncnc(SC(C)CCO)c1[N+](=O)[O-]. The molecule has 106 valence electrons. The largest absolute Gasteiger partial charge is 0.396 e. The van der Waals surface area contributed by atoms with E-state index < -0.39 is 4.92 Å². The van der Waals surface area contributed by atoms with Gasteiger partial charge >= 0.3 is 5.69 Å². The highest BCUT2D eigenvalue weighted by Crippen LogP contribution is 2.35. The predicted octanol–water partition coefficient (Wildman–Crippen LogP) is 2.07. The number of rotatable bonds is 8. The zero-order valence-corrected chi connectivity index (χ0v) is 11.8. The molecule has 0 bridgehead atoms. The fourth-order valence-corrected chi connectivity index (χ4v) is 2.41. The molecule has 0 aliphatic carbocycles. The second-order valence-electron chi connectivity index (χ2n) is 4.00. The molecule has 0 saturated heterocycles. The summed E-state index contributed by atoms with van der Waals surface area (Å²) in [6.45, 7) is 4.53. The third-order valence-corrected chi connectivity index (χ3v) is 3.52. The maximum Gasteiger partial charge on any atom is 0.343 e. The molecule has 0 radical (unpaired) electrons. The highest BCUT2D eigenvalue weighted by Gasteiger charge is 2.24. The van der Waals surface area contributed by atoms with Crippen molar-refractivity contribution in [2.45, 2.75) is 37.0 Å². The minimum atomic E-state index is -0.466. The second kappa shape index (κ2) is 7.90. The highest BCUT2D eigenvalue weighted by atomic mass is 32.2. The second-order valence-corrected chi connectivity index (χ2v) is 5.43. The molecular formula is C11H18N4O3S.